The monoisotopic (exact) mass is 500 g/mol. The molecular weight excluding hydrogens is 460 g/mol. The molecule has 1 heterocycles. The Bertz CT molecular complexity index is 887. The Kier molecular flexibility index (Phi) is 12.6. The zero-order valence-electron chi connectivity index (χ0n) is 21.6. The Hall–Kier alpha value is -3.29. The maximum Gasteiger partial charge on any atom is 0.407 e. The van der Waals surface area contributed by atoms with Crippen molar-refractivity contribution in [3.8, 4) is 5.75 Å². The fourth-order valence-electron chi connectivity index (χ4n) is 4.21. The minimum absolute atomic E-state index is 0.210. The van der Waals surface area contributed by atoms with Gasteiger partial charge >= 0.3 is 12.1 Å². The lowest BCUT2D eigenvalue weighted by Gasteiger charge is -2.27. The fraction of sp³-hybridized carbons (Fsp3) is 0.536. The summed E-state index contributed by atoms with van der Waals surface area (Å²) < 4.78 is 16.5. The summed E-state index contributed by atoms with van der Waals surface area (Å²) in [4.78, 5) is 40.0. The van der Waals surface area contributed by atoms with Crippen LogP contribution in [0.4, 0.5) is 4.79 Å². The second kappa shape index (κ2) is 15.7. The molecule has 1 saturated heterocycles. The minimum atomic E-state index is -0.801. The highest BCUT2D eigenvalue weighted by Gasteiger charge is 2.43. The van der Waals surface area contributed by atoms with Crippen molar-refractivity contribution in [3.05, 3.63) is 55.1 Å². The molecule has 1 N–H and O–H groups in total. The zero-order valence-corrected chi connectivity index (χ0v) is 21.6. The summed E-state index contributed by atoms with van der Waals surface area (Å²) in [5, 5.41) is 2.71. The van der Waals surface area contributed by atoms with Gasteiger partial charge in [-0.2, -0.15) is 0 Å². The van der Waals surface area contributed by atoms with E-state index in [1.165, 1.54) is 12.0 Å². The number of carbonyl (C=O) groups is 3. The van der Waals surface area contributed by atoms with Crippen molar-refractivity contribution in [1.82, 2.24) is 10.2 Å². The molecular formula is C28H40N2O6. The molecule has 1 aliphatic rings. The molecule has 0 saturated carbocycles. The van der Waals surface area contributed by atoms with Crippen LogP contribution in [0.15, 0.2) is 49.6 Å². The third-order valence-electron chi connectivity index (χ3n) is 6.12. The van der Waals surface area contributed by atoms with Crippen LogP contribution < -0.4 is 10.1 Å². The largest absolute Gasteiger partial charge is 0.488 e. The van der Waals surface area contributed by atoms with Gasteiger partial charge in [0.25, 0.3) is 0 Å². The molecule has 1 aromatic carbocycles. The van der Waals surface area contributed by atoms with Crippen molar-refractivity contribution in [2.75, 3.05) is 20.3 Å². The highest BCUT2D eigenvalue weighted by Crippen LogP contribution is 2.27. The molecule has 1 aliphatic heterocycles. The van der Waals surface area contributed by atoms with Crippen molar-refractivity contribution in [2.45, 2.75) is 76.5 Å². The van der Waals surface area contributed by atoms with Gasteiger partial charge in [0, 0.05) is 6.42 Å². The highest BCUT2D eigenvalue weighted by molar-refractivity contribution is 5.90. The first kappa shape index (κ1) is 28.9. The quantitative estimate of drug-likeness (QED) is 0.215. The molecule has 2 rings (SSSR count). The van der Waals surface area contributed by atoms with E-state index >= 15 is 0 Å². The molecule has 0 unspecified atom stereocenters. The van der Waals surface area contributed by atoms with Gasteiger partial charge in [0.1, 0.15) is 23.9 Å². The van der Waals surface area contributed by atoms with E-state index in [9.17, 15) is 14.4 Å². The van der Waals surface area contributed by atoms with Crippen LogP contribution in [0.3, 0.4) is 0 Å². The molecule has 0 bridgehead atoms. The Morgan fingerprint density at radius 3 is 2.64 bits per heavy atom. The molecule has 1 aromatic rings. The number of methoxy groups -OCH3 is 1. The number of hydrogen-bond donors (Lipinski definition) is 1. The van der Waals surface area contributed by atoms with E-state index < -0.39 is 30.3 Å². The van der Waals surface area contributed by atoms with E-state index in [4.69, 9.17) is 14.2 Å². The molecule has 36 heavy (non-hydrogen) atoms. The number of allylic oxidation sites excluding steroid dienone is 2. The first-order valence-electron chi connectivity index (χ1n) is 12.7. The van der Waals surface area contributed by atoms with Gasteiger partial charge in [0.05, 0.1) is 20.3 Å². The lowest BCUT2D eigenvalue weighted by molar-refractivity contribution is -0.151. The number of amides is 2. The van der Waals surface area contributed by atoms with Gasteiger partial charge in [-0.05, 0) is 43.7 Å². The summed E-state index contributed by atoms with van der Waals surface area (Å²) >= 11 is 0. The number of esters is 1. The third-order valence-corrected chi connectivity index (χ3v) is 6.12. The summed E-state index contributed by atoms with van der Waals surface area (Å²) in [7, 11) is 1.30. The zero-order chi connectivity index (χ0) is 26.3. The smallest absolute Gasteiger partial charge is 0.407 e. The molecule has 198 valence electrons. The van der Waals surface area contributed by atoms with E-state index in [1.807, 2.05) is 37.3 Å². The van der Waals surface area contributed by atoms with Gasteiger partial charge < -0.3 is 24.4 Å². The molecule has 1 fully saturated rings. The van der Waals surface area contributed by atoms with Crippen molar-refractivity contribution in [1.29, 1.82) is 0 Å². The SMILES string of the molecule is C=CCCCCOC(=O)N[C@@H](CCCC)C(=O)N1C[C@H](Oc2ccccc2CC=C)C[C@H]1C(=O)OC. The van der Waals surface area contributed by atoms with Crippen LogP contribution in [0.2, 0.25) is 0 Å². The summed E-state index contributed by atoms with van der Waals surface area (Å²) in [6.45, 7) is 9.96. The minimum Gasteiger partial charge on any atom is -0.488 e. The summed E-state index contributed by atoms with van der Waals surface area (Å²) in [6, 6.07) is 6.04. The van der Waals surface area contributed by atoms with E-state index in [1.54, 1.807) is 6.08 Å². The van der Waals surface area contributed by atoms with Crippen LogP contribution in [-0.2, 0) is 25.5 Å². The average Bonchev–Trinajstić information content (AvgIpc) is 3.30. The van der Waals surface area contributed by atoms with Crippen molar-refractivity contribution in [3.63, 3.8) is 0 Å². The molecule has 2 amide bonds. The van der Waals surface area contributed by atoms with Crippen LogP contribution in [-0.4, -0.2) is 61.3 Å². The van der Waals surface area contributed by atoms with E-state index in [0.717, 1.165) is 37.7 Å². The van der Waals surface area contributed by atoms with Gasteiger partial charge in [0.15, 0.2) is 0 Å². The first-order chi connectivity index (χ1) is 17.4. The van der Waals surface area contributed by atoms with Gasteiger partial charge in [0.2, 0.25) is 5.91 Å². The molecule has 8 heteroatoms. The third kappa shape index (κ3) is 8.73. The Morgan fingerprint density at radius 1 is 1.17 bits per heavy atom. The summed E-state index contributed by atoms with van der Waals surface area (Å²) in [6.07, 6.45) is 8.02. The lowest BCUT2D eigenvalue weighted by Crippen LogP contribution is -2.52. The van der Waals surface area contributed by atoms with Crippen LogP contribution >= 0.6 is 0 Å². The Balaban J connectivity index is 2.11. The predicted molar refractivity (Wildman–Crippen MR) is 139 cm³/mol. The van der Waals surface area contributed by atoms with E-state index in [2.05, 4.69) is 18.5 Å². The second-order valence-electron chi connectivity index (χ2n) is 8.87. The normalized spacial score (nSPS) is 17.7. The number of para-hydroxylation sites is 1. The second-order valence-corrected chi connectivity index (χ2v) is 8.87. The maximum absolute atomic E-state index is 13.6. The average molecular weight is 501 g/mol. The Labute approximate surface area is 214 Å². The van der Waals surface area contributed by atoms with Gasteiger partial charge in [-0.3, -0.25) is 4.79 Å². The topological polar surface area (TPSA) is 94.2 Å². The van der Waals surface area contributed by atoms with Crippen molar-refractivity contribution < 1.29 is 28.6 Å². The fourth-order valence-corrected chi connectivity index (χ4v) is 4.21. The molecule has 3 atom stereocenters. The molecule has 0 spiro atoms. The number of alkyl carbamates (subject to hydrolysis) is 1. The molecule has 0 aliphatic carbocycles. The van der Waals surface area contributed by atoms with Crippen LogP contribution in [0.25, 0.3) is 0 Å². The van der Waals surface area contributed by atoms with E-state index in [0.29, 0.717) is 25.0 Å². The number of likely N-dealkylation sites (tertiary alicyclic amines) is 1. The summed E-state index contributed by atoms with van der Waals surface area (Å²) in [5.74, 6) is -0.151. The van der Waals surface area contributed by atoms with Gasteiger partial charge in [-0.15, -0.1) is 13.2 Å². The maximum atomic E-state index is 13.6. The number of benzene rings is 1. The first-order valence-corrected chi connectivity index (χ1v) is 12.7. The highest BCUT2D eigenvalue weighted by atomic mass is 16.5. The van der Waals surface area contributed by atoms with Crippen LogP contribution in [0, 0.1) is 0 Å². The number of nitrogens with one attached hydrogen (secondary N) is 1. The van der Waals surface area contributed by atoms with Gasteiger partial charge in [-0.1, -0.05) is 50.1 Å². The number of carbonyl (C=O) groups excluding carboxylic acids is 3. The summed E-state index contributed by atoms with van der Waals surface area (Å²) in [5.41, 5.74) is 0.977. The van der Waals surface area contributed by atoms with Crippen LogP contribution in [0.1, 0.15) is 57.4 Å². The van der Waals surface area contributed by atoms with Crippen molar-refractivity contribution in [2.24, 2.45) is 0 Å². The number of nitrogens with zero attached hydrogens (tertiary/aromatic N) is 1. The van der Waals surface area contributed by atoms with Gasteiger partial charge in [-0.25, -0.2) is 9.59 Å². The number of ether oxygens (including phenoxy) is 3. The number of rotatable bonds is 15. The Morgan fingerprint density at radius 2 is 1.94 bits per heavy atom. The standard InChI is InChI=1S/C28H40N2O6/c1-5-8-10-13-18-35-28(33)29-23(16-9-6-2)26(31)30-20-22(19-24(30)27(32)34-4)36-25-17-12-11-15-21(25)14-7-3/h5,7,11-12,15,17,22-24H,1,3,6,8-10,13-14,16,18-20H2,2,4H3,(H,29,33)/t22-,23+,24+/m1/s1. The van der Waals surface area contributed by atoms with E-state index in [-0.39, 0.29) is 19.1 Å². The van der Waals surface area contributed by atoms with Crippen LogP contribution in [0.5, 0.6) is 5.75 Å². The van der Waals surface area contributed by atoms with Crippen molar-refractivity contribution >= 4 is 18.0 Å². The number of hydrogen-bond acceptors (Lipinski definition) is 6. The molecule has 0 radical (unpaired) electrons. The predicted octanol–water partition coefficient (Wildman–Crippen LogP) is 4.58. The lowest BCUT2D eigenvalue weighted by atomic mass is 10.1. The molecule has 0 aromatic heterocycles. The number of unbranched alkanes of at least 4 members (excludes halogenated alkanes) is 3. The molecule has 8 nitrogen and oxygen atoms in total.